The molecule has 1 fully saturated rings. The lowest BCUT2D eigenvalue weighted by Crippen LogP contribution is -2.32. The van der Waals surface area contributed by atoms with Crippen LogP contribution in [0.2, 0.25) is 0 Å². The summed E-state index contributed by atoms with van der Waals surface area (Å²) in [5, 5.41) is 9.23. The highest BCUT2D eigenvalue weighted by Crippen LogP contribution is 2.50. The van der Waals surface area contributed by atoms with E-state index in [0.717, 1.165) is 44.3 Å². The first kappa shape index (κ1) is 19.4. The van der Waals surface area contributed by atoms with Gasteiger partial charge in [0, 0.05) is 6.16 Å². The van der Waals surface area contributed by atoms with E-state index in [1.165, 1.54) is 11.1 Å². The number of carbonyl (C=O) groups is 1. The van der Waals surface area contributed by atoms with Crippen LogP contribution in [0.25, 0.3) is 0 Å². The predicted molar refractivity (Wildman–Crippen MR) is 97.7 cm³/mol. The Balaban J connectivity index is 1.59. The number of rotatable bonds is 7. The van der Waals surface area contributed by atoms with Crippen LogP contribution in [0.5, 0.6) is 5.75 Å². The van der Waals surface area contributed by atoms with E-state index in [4.69, 9.17) is 14.5 Å². The van der Waals surface area contributed by atoms with E-state index < -0.39 is 13.6 Å². The number of fused-ring (bicyclic) bond motifs is 2. The van der Waals surface area contributed by atoms with Crippen molar-refractivity contribution in [2.45, 2.75) is 56.8 Å². The van der Waals surface area contributed by atoms with Gasteiger partial charge in [-0.3, -0.25) is 9.36 Å². The summed E-state index contributed by atoms with van der Waals surface area (Å²) in [5.41, 5.74) is 2.75. The van der Waals surface area contributed by atoms with E-state index in [0.29, 0.717) is 19.4 Å². The fourth-order valence-corrected chi connectivity index (χ4v) is 5.05. The van der Waals surface area contributed by atoms with Crippen molar-refractivity contribution in [1.82, 2.24) is 0 Å². The van der Waals surface area contributed by atoms with Crippen molar-refractivity contribution in [3.63, 3.8) is 0 Å². The van der Waals surface area contributed by atoms with E-state index in [2.05, 4.69) is 12.1 Å². The maximum Gasteiger partial charge on any atom is 0.325 e. The van der Waals surface area contributed by atoms with Gasteiger partial charge in [0.2, 0.25) is 0 Å². The molecule has 0 saturated heterocycles. The molecule has 0 heterocycles. The summed E-state index contributed by atoms with van der Waals surface area (Å²) in [5.74, 6) is -0.0924. The third-order valence-corrected chi connectivity index (χ3v) is 6.83. The third-order valence-electron chi connectivity index (χ3n) is 5.93. The SMILES string of the molecule is O=C(O)C1CCC2(CCc3ccc(OCCCCP(=O)(O)O)cc32)CC1. The van der Waals surface area contributed by atoms with Gasteiger partial charge < -0.3 is 19.6 Å². The van der Waals surface area contributed by atoms with E-state index in [9.17, 15) is 14.5 Å². The van der Waals surface area contributed by atoms with Gasteiger partial charge in [-0.25, -0.2) is 0 Å². The Labute approximate surface area is 153 Å². The van der Waals surface area contributed by atoms with Crippen molar-refractivity contribution < 1.29 is 29.0 Å². The van der Waals surface area contributed by atoms with Crippen molar-refractivity contribution in [3.05, 3.63) is 29.3 Å². The molecule has 0 unspecified atom stereocenters. The van der Waals surface area contributed by atoms with Gasteiger partial charge in [-0.05, 0) is 80.0 Å². The molecule has 1 spiro atoms. The largest absolute Gasteiger partial charge is 0.494 e. The maximum absolute atomic E-state index is 11.2. The first-order valence-electron chi connectivity index (χ1n) is 9.33. The summed E-state index contributed by atoms with van der Waals surface area (Å²) in [7, 11) is -3.92. The summed E-state index contributed by atoms with van der Waals surface area (Å²) >= 11 is 0. The second kappa shape index (κ2) is 7.71. The van der Waals surface area contributed by atoms with Crippen LogP contribution in [-0.2, 0) is 21.2 Å². The minimum atomic E-state index is -3.92. The summed E-state index contributed by atoms with van der Waals surface area (Å²) < 4.78 is 16.6. The third kappa shape index (κ3) is 4.48. The number of aliphatic carboxylic acids is 1. The number of aryl methyl sites for hydroxylation is 1. The average Bonchev–Trinajstić information content (AvgIpc) is 2.92. The minimum Gasteiger partial charge on any atom is -0.494 e. The summed E-state index contributed by atoms with van der Waals surface area (Å²) in [6.07, 6.45) is 6.38. The quantitative estimate of drug-likeness (QED) is 0.493. The Hall–Kier alpha value is -1.36. The maximum atomic E-state index is 11.2. The Bertz CT molecular complexity index is 702. The molecule has 0 amide bonds. The molecule has 0 radical (unpaired) electrons. The summed E-state index contributed by atoms with van der Waals surface area (Å²) in [4.78, 5) is 29.0. The van der Waals surface area contributed by atoms with E-state index >= 15 is 0 Å². The van der Waals surface area contributed by atoms with Crippen molar-refractivity contribution in [3.8, 4) is 5.75 Å². The number of carboxylic acid groups (broad SMARTS) is 1. The normalized spacial score (nSPS) is 25.2. The number of unbranched alkanes of at least 4 members (excludes halogenated alkanes) is 1. The summed E-state index contributed by atoms with van der Waals surface area (Å²) in [6, 6.07) is 6.18. The molecular formula is C19H27O6P. The molecule has 2 aliphatic carbocycles. The number of hydrogen-bond acceptors (Lipinski definition) is 3. The van der Waals surface area contributed by atoms with E-state index in [1.54, 1.807) is 0 Å². The van der Waals surface area contributed by atoms with Crippen LogP contribution in [0.3, 0.4) is 0 Å². The molecule has 6 nitrogen and oxygen atoms in total. The van der Waals surface area contributed by atoms with Gasteiger partial charge >= 0.3 is 13.6 Å². The number of benzene rings is 1. The van der Waals surface area contributed by atoms with Gasteiger partial charge in [-0.2, -0.15) is 0 Å². The van der Waals surface area contributed by atoms with Crippen molar-refractivity contribution in [2.24, 2.45) is 5.92 Å². The molecule has 0 aromatic heterocycles. The van der Waals surface area contributed by atoms with Gasteiger partial charge in [0.1, 0.15) is 5.75 Å². The predicted octanol–water partition coefficient (Wildman–Crippen LogP) is 3.48. The second-order valence-corrected chi connectivity index (χ2v) is 9.43. The average molecular weight is 382 g/mol. The highest BCUT2D eigenvalue weighted by Gasteiger charge is 2.42. The van der Waals surface area contributed by atoms with Gasteiger partial charge in [0.05, 0.1) is 12.5 Å². The lowest BCUT2D eigenvalue weighted by molar-refractivity contribution is -0.143. The van der Waals surface area contributed by atoms with E-state index in [-0.39, 0.29) is 17.5 Å². The van der Waals surface area contributed by atoms with Crippen LogP contribution in [0.4, 0.5) is 0 Å². The molecule has 0 aliphatic heterocycles. The molecule has 1 saturated carbocycles. The van der Waals surface area contributed by atoms with Gasteiger partial charge in [0.25, 0.3) is 0 Å². The van der Waals surface area contributed by atoms with Crippen LogP contribution in [0, 0.1) is 5.92 Å². The fraction of sp³-hybridized carbons (Fsp3) is 0.632. The molecule has 1 aromatic carbocycles. The molecule has 7 heteroatoms. The number of hydrogen-bond donors (Lipinski definition) is 3. The topological polar surface area (TPSA) is 104 Å². The molecule has 1 aromatic rings. The molecular weight excluding hydrogens is 355 g/mol. The Morgan fingerprint density at radius 1 is 1.19 bits per heavy atom. The second-order valence-electron chi connectivity index (χ2n) is 7.66. The molecule has 2 aliphatic rings. The van der Waals surface area contributed by atoms with Gasteiger partial charge in [-0.15, -0.1) is 0 Å². The van der Waals surface area contributed by atoms with Gasteiger partial charge in [-0.1, -0.05) is 6.07 Å². The lowest BCUT2D eigenvalue weighted by Gasteiger charge is -2.37. The zero-order valence-corrected chi connectivity index (χ0v) is 15.8. The van der Waals surface area contributed by atoms with Crippen LogP contribution in [0.1, 0.15) is 56.1 Å². The lowest BCUT2D eigenvalue weighted by atomic mass is 9.67. The molecule has 0 atom stereocenters. The fourth-order valence-electron chi connectivity index (χ4n) is 4.41. The Kier molecular flexibility index (Phi) is 5.75. The zero-order chi connectivity index (χ0) is 18.8. The van der Waals surface area contributed by atoms with Crippen molar-refractivity contribution >= 4 is 13.6 Å². The molecule has 26 heavy (non-hydrogen) atoms. The first-order chi connectivity index (χ1) is 12.3. The number of carboxylic acids is 1. The monoisotopic (exact) mass is 382 g/mol. The molecule has 0 bridgehead atoms. The highest BCUT2D eigenvalue weighted by atomic mass is 31.2. The molecule has 3 N–H and O–H groups in total. The van der Waals surface area contributed by atoms with Gasteiger partial charge in [0.15, 0.2) is 0 Å². The van der Waals surface area contributed by atoms with Crippen LogP contribution in [-0.4, -0.2) is 33.6 Å². The molecule has 144 valence electrons. The zero-order valence-electron chi connectivity index (χ0n) is 14.9. The van der Waals surface area contributed by atoms with Crippen LogP contribution < -0.4 is 4.74 Å². The van der Waals surface area contributed by atoms with Crippen molar-refractivity contribution in [1.29, 1.82) is 0 Å². The standard InChI is InChI=1S/C19H27O6P/c20-18(21)15-6-9-19(10-7-15)8-5-14-3-4-16(13-17(14)19)25-11-1-2-12-26(22,23)24/h3-4,13,15H,1-2,5-12H2,(H,20,21)(H2,22,23,24). The minimum absolute atomic E-state index is 0.0983. The Morgan fingerprint density at radius 2 is 1.92 bits per heavy atom. The summed E-state index contributed by atoms with van der Waals surface area (Å²) in [6.45, 7) is 0.437. The van der Waals surface area contributed by atoms with Crippen molar-refractivity contribution in [2.75, 3.05) is 12.8 Å². The highest BCUT2D eigenvalue weighted by molar-refractivity contribution is 7.51. The number of ether oxygens (including phenoxy) is 1. The van der Waals surface area contributed by atoms with E-state index in [1.807, 2.05) is 6.07 Å². The van der Waals surface area contributed by atoms with Crippen LogP contribution >= 0.6 is 7.60 Å². The van der Waals surface area contributed by atoms with Crippen LogP contribution in [0.15, 0.2) is 18.2 Å². The molecule has 3 rings (SSSR count). The smallest absolute Gasteiger partial charge is 0.325 e. The first-order valence-corrected chi connectivity index (χ1v) is 11.1. The Morgan fingerprint density at radius 3 is 2.58 bits per heavy atom.